The van der Waals surface area contributed by atoms with Crippen LogP contribution in [0, 0.1) is 0 Å². The van der Waals surface area contributed by atoms with Crippen LogP contribution in [-0.2, 0) is 11.2 Å². The van der Waals surface area contributed by atoms with Crippen molar-refractivity contribution in [3.05, 3.63) is 47.5 Å². The lowest BCUT2D eigenvalue weighted by Crippen LogP contribution is -2.19. The maximum absolute atomic E-state index is 12.5. The maximum atomic E-state index is 12.5. The summed E-state index contributed by atoms with van der Waals surface area (Å²) in [6.45, 7) is 2.40. The molecule has 6 heteroatoms. The van der Waals surface area contributed by atoms with Crippen LogP contribution in [0.15, 0.2) is 36.4 Å². The first kappa shape index (κ1) is 16.8. The minimum Gasteiger partial charge on any atom is -0.493 e. The number of carbonyl (C=O) groups is 2. The predicted molar refractivity (Wildman–Crippen MR) is 95.5 cm³/mol. The average Bonchev–Trinajstić information content (AvgIpc) is 2.61. The Morgan fingerprint density at radius 1 is 1.16 bits per heavy atom. The maximum Gasteiger partial charge on any atom is 0.255 e. The molecule has 0 atom stereocenters. The monoisotopic (exact) mass is 340 g/mol. The van der Waals surface area contributed by atoms with E-state index >= 15 is 0 Å². The largest absolute Gasteiger partial charge is 0.493 e. The van der Waals surface area contributed by atoms with Crippen LogP contribution in [0.25, 0.3) is 0 Å². The fourth-order valence-electron chi connectivity index (χ4n) is 2.74. The molecule has 3 rings (SSSR count). The van der Waals surface area contributed by atoms with Gasteiger partial charge in [0, 0.05) is 23.4 Å². The van der Waals surface area contributed by atoms with Gasteiger partial charge < -0.3 is 20.1 Å². The van der Waals surface area contributed by atoms with Crippen molar-refractivity contribution in [2.45, 2.75) is 19.8 Å². The molecular formula is C19H20N2O4. The quantitative estimate of drug-likeness (QED) is 0.876. The summed E-state index contributed by atoms with van der Waals surface area (Å²) in [7, 11) is 1.53. The number of nitrogens with one attached hydrogen (secondary N) is 2. The van der Waals surface area contributed by atoms with Crippen molar-refractivity contribution in [2.24, 2.45) is 0 Å². The number of hydrogen-bond acceptors (Lipinski definition) is 4. The Kier molecular flexibility index (Phi) is 4.88. The van der Waals surface area contributed by atoms with Crippen molar-refractivity contribution >= 4 is 23.2 Å². The molecule has 1 aliphatic heterocycles. The summed E-state index contributed by atoms with van der Waals surface area (Å²) in [5.41, 5.74) is 2.90. The van der Waals surface area contributed by atoms with Gasteiger partial charge in [-0.3, -0.25) is 9.59 Å². The van der Waals surface area contributed by atoms with Gasteiger partial charge in [0.15, 0.2) is 11.5 Å². The van der Waals surface area contributed by atoms with E-state index in [0.29, 0.717) is 42.2 Å². The van der Waals surface area contributed by atoms with Crippen LogP contribution in [-0.4, -0.2) is 25.5 Å². The van der Waals surface area contributed by atoms with E-state index in [0.717, 1.165) is 11.3 Å². The van der Waals surface area contributed by atoms with E-state index in [1.807, 2.05) is 19.1 Å². The molecule has 0 aromatic heterocycles. The van der Waals surface area contributed by atoms with Crippen LogP contribution < -0.4 is 20.1 Å². The molecule has 0 fully saturated rings. The molecule has 0 spiro atoms. The Labute approximate surface area is 146 Å². The normalized spacial score (nSPS) is 12.8. The molecule has 6 nitrogen and oxygen atoms in total. The second-order valence-corrected chi connectivity index (χ2v) is 5.67. The Morgan fingerprint density at radius 3 is 2.76 bits per heavy atom. The van der Waals surface area contributed by atoms with Crippen molar-refractivity contribution in [1.29, 1.82) is 0 Å². The number of benzene rings is 2. The number of hydrogen-bond donors (Lipinski definition) is 2. The van der Waals surface area contributed by atoms with Crippen molar-refractivity contribution in [3.8, 4) is 11.5 Å². The SMILES string of the molecule is CCOc1ccc(C(=O)Nc2ccc3c(c2)NC(=O)CC3)cc1OC. The van der Waals surface area contributed by atoms with Gasteiger partial charge in [0.1, 0.15) is 0 Å². The van der Waals surface area contributed by atoms with Crippen LogP contribution in [0.3, 0.4) is 0 Å². The van der Waals surface area contributed by atoms with Gasteiger partial charge in [-0.1, -0.05) is 6.07 Å². The second-order valence-electron chi connectivity index (χ2n) is 5.67. The van der Waals surface area contributed by atoms with E-state index in [1.165, 1.54) is 7.11 Å². The Hall–Kier alpha value is -3.02. The molecule has 130 valence electrons. The van der Waals surface area contributed by atoms with Gasteiger partial charge in [-0.25, -0.2) is 0 Å². The second kappa shape index (κ2) is 7.25. The van der Waals surface area contributed by atoms with Gasteiger partial charge in [0.2, 0.25) is 5.91 Å². The number of fused-ring (bicyclic) bond motifs is 1. The molecule has 0 radical (unpaired) electrons. The molecule has 2 amide bonds. The molecule has 0 aliphatic carbocycles. The summed E-state index contributed by atoms with van der Waals surface area (Å²) in [5.74, 6) is 0.834. The summed E-state index contributed by atoms with van der Waals surface area (Å²) in [6, 6.07) is 10.6. The highest BCUT2D eigenvalue weighted by Gasteiger charge is 2.16. The zero-order chi connectivity index (χ0) is 17.8. The highest BCUT2D eigenvalue weighted by Crippen LogP contribution is 2.29. The third kappa shape index (κ3) is 3.74. The lowest BCUT2D eigenvalue weighted by molar-refractivity contribution is -0.116. The third-order valence-electron chi connectivity index (χ3n) is 3.99. The molecule has 25 heavy (non-hydrogen) atoms. The van der Waals surface area contributed by atoms with E-state index in [9.17, 15) is 9.59 Å². The minimum absolute atomic E-state index is 0.00720. The van der Waals surface area contributed by atoms with E-state index in [2.05, 4.69) is 10.6 Å². The van der Waals surface area contributed by atoms with E-state index in [-0.39, 0.29) is 11.8 Å². The lowest BCUT2D eigenvalue weighted by Gasteiger charge is -2.18. The zero-order valence-electron chi connectivity index (χ0n) is 14.2. The average molecular weight is 340 g/mol. The molecule has 0 unspecified atom stereocenters. The molecule has 0 saturated heterocycles. The number of amides is 2. The van der Waals surface area contributed by atoms with Crippen LogP contribution >= 0.6 is 0 Å². The number of methoxy groups -OCH3 is 1. The Bertz CT molecular complexity index is 817. The molecule has 2 aromatic rings. The first-order chi connectivity index (χ1) is 12.1. The van der Waals surface area contributed by atoms with Crippen molar-refractivity contribution in [3.63, 3.8) is 0 Å². The lowest BCUT2D eigenvalue weighted by atomic mass is 10.0. The summed E-state index contributed by atoms with van der Waals surface area (Å²) >= 11 is 0. The van der Waals surface area contributed by atoms with Gasteiger partial charge in [-0.2, -0.15) is 0 Å². The predicted octanol–water partition coefficient (Wildman–Crippen LogP) is 3.23. The zero-order valence-corrected chi connectivity index (χ0v) is 14.2. The molecule has 0 saturated carbocycles. The molecule has 2 N–H and O–H groups in total. The van der Waals surface area contributed by atoms with Gasteiger partial charge in [-0.15, -0.1) is 0 Å². The molecule has 1 aliphatic rings. The highest BCUT2D eigenvalue weighted by atomic mass is 16.5. The van der Waals surface area contributed by atoms with Crippen molar-refractivity contribution in [2.75, 3.05) is 24.4 Å². The number of anilines is 2. The van der Waals surface area contributed by atoms with E-state index < -0.39 is 0 Å². The minimum atomic E-state index is -0.261. The number of carbonyl (C=O) groups excluding carboxylic acids is 2. The van der Waals surface area contributed by atoms with Crippen molar-refractivity contribution in [1.82, 2.24) is 0 Å². The topological polar surface area (TPSA) is 76.7 Å². The Balaban J connectivity index is 1.78. The number of aryl methyl sites for hydroxylation is 1. The van der Waals surface area contributed by atoms with E-state index in [4.69, 9.17) is 9.47 Å². The van der Waals surface area contributed by atoms with E-state index in [1.54, 1.807) is 24.3 Å². The van der Waals surface area contributed by atoms with Gasteiger partial charge in [-0.05, 0) is 49.2 Å². The molecule has 0 bridgehead atoms. The smallest absolute Gasteiger partial charge is 0.255 e. The summed E-state index contributed by atoms with van der Waals surface area (Å²) in [5, 5.41) is 5.67. The number of rotatable bonds is 5. The van der Waals surface area contributed by atoms with Gasteiger partial charge in [0.25, 0.3) is 5.91 Å². The highest BCUT2D eigenvalue weighted by molar-refractivity contribution is 6.05. The fraction of sp³-hybridized carbons (Fsp3) is 0.263. The van der Waals surface area contributed by atoms with Crippen molar-refractivity contribution < 1.29 is 19.1 Å². The van der Waals surface area contributed by atoms with Crippen LogP contribution in [0.4, 0.5) is 11.4 Å². The van der Waals surface area contributed by atoms with Gasteiger partial charge >= 0.3 is 0 Å². The first-order valence-corrected chi connectivity index (χ1v) is 8.15. The fourth-order valence-corrected chi connectivity index (χ4v) is 2.74. The van der Waals surface area contributed by atoms with Crippen LogP contribution in [0.5, 0.6) is 11.5 Å². The summed E-state index contributed by atoms with van der Waals surface area (Å²) < 4.78 is 10.7. The third-order valence-corrected chi connectivity index (χ3v) is 3.99. The van der Waals surface area contributed by atoms with Crippen LogP contribution in [0.1, 0.15) is 29.3 Å². The molecule has 2 aromatic carbocycles. The summed E-state index contributed by atoms with van der Waals surface area (Å²) in [4.78, 5) is 24.0. The number of ether oxygens (including phenoxy) is 2. The van der Waals surface area contributed by atoms with Gasteiger partial charge in [0.05, 0.1) is 13.7 Å². The first-order valence-electron chi connectivity index (χ1n) is 8.15. The molecular weight excluding hydrogens is 320 g/mol. The molecule has 1 heterocycles. The summed E-state index contributed by atoms with van der Waals surface area (Å²) in [6.07, 6.45) is 1.20. The standard InChI is InChI=1S/C19H20N2O4/c1-3-25-16-8-5-13(10-17(16)24-2)19(23)20-14-7-4-12-6-9-18(22)21-15(12)11-14/h4-5,7-8,10-11H,3,6,9H2,1-2H3,(H,20,23)(H,21,22). The van der Waals surface area contributed by atoms with Crippen LogP contribution in [0.2, 0.25) is 0 Å². The Morgan fingerprint density at radius 2 is 2.00 bits per heavy atom.